The van der Waals surface area contributed by atoms with E-state index in [1.165, 1.54) is 11.3 Å². The average Bonchev–Trinajstić information content (AvgIpc) is 2.81. The van der Waals surface area contributed by atoms with E-state index in [2.05, 4.69) is 0 Å². The molecule has 0 amide bonds. The molecule has 2 N–H and O–H groups in total. The van der Waals surface area contributed by atoms with Gasteiger partial charge >= 0.3 is 5.97 Å². The van der Waals surface area contributed by atoms with Gasteiger partial charge in [-0.05, 0) is 26.8 Å². The minimum absolute atomic E-state index is 0.188. The topological polar surface area (TPSA) is 61.5 Å². The molecule has 2 rings (SSSR count). The van der Waals surface area contributed by atoms with E-state index in [-0.39, 0.29) is 6.10 Å². The number of carbonyl (C=O) groups excluding carboxylic acids is 1. The molecule has 5 heteroatoms. The zero-order valence-corrected chi connectivity index (χ0v) is 13.2. The Labute approximate surface area is 128 Å². The maximum absolute atomic E-state index is 12.3. The van der Waals surface area contributed by atoms with Crippen molar-refractivity contribution >= 4 is 22.3 Å². The quantitative estimate of drug-likeness (QED) is 0.849. The Morgan fingerprint density at radius 1 is 1.29 bits per heavy atom. The third kappa shape index (κ3) is 3.36. The zero-order chi connectivity index (χ0) is 15.4. The van der Waals surface area contributed by atoms with Gasteiger partial charge in [-0.25, -0.2) is 4.79 Å². The summed E-state index contributed by atoms with van der Waals surface area (Å²) in [6.07, 6.45) is -0.188. The van der Waals surface area contributed by atoms with Gasteiger partial charge in [0.05, 0.1) is 12.7 Å². The number of hydrogen-bond acceptors (Lipinski definition) is 5. The van der Waals surface area contributed by atoms with Gasteiger partial charge in [0.25, 0.3) is 0 Å². The molecule has 21 heavy (non-hydrogen) atoms. The molecule has 0 bridgehead atoms. The van der Waals surface area contributed by atoms with E-state index in [4.69, 9.17) is 15.2 Å². The lowest BCUT2D eigenvalue weighted by Crippen LogP contribution is -2.13. The van der Waals surface area contributed by atoms with Gasteiger partial charge in [0.1, 0.15) is 16.3 Å². The van der Waals surface area contributed by atoms with Crippen LogP contribution in [0.2, 0.25) is 0 Å². The highest BCUT2D eigenvalue weighted by atomic mass is 32.1. The lowest BCUT2D eigenvalue weighted by molar-refractivity contribution is 0.0380. The number of carbonyl (C=O) groups is 1. The summed E-state index contributed by atoms with van der Waals surface area (Å²) in [6, 6.07) is 7.60. The molecule has 0 saturated heterocycles. The summed E-state index contributed by atoms with van der Waals surface area (Å²) in [5, 5.41) is 2.33. The van der Waals surface area contributed by atoms with Crippen LogP contribution in [0.25, 0.3) is 11.1 Å². The monoisotopic (exact) mass is 305 g/mol. The number of hydrogen-bond donors (Lipinski definition) is 1. The van der Waals surface area contributed by atoms with E-state index >= 15 is 0 Å². The van der Waals surface area contributed by atoms with Crippen LogP contribution >= 0.6 is 11.3 Å². The second kappa shape index (κ2) is 6.63. The van der Waals surface area contributed by atoms with E-state index < -0.39 is 5.97 Å². The molecule has 0 saturated carbocycles. The second-order valence-corrected chi connectivity index (χ2v) is 5.68. The Kier molecular flexibility index (Phi) is 4.85. The van der Waals surface area contributed by atoms with Crippen molar-refractivity contribution in [2.45, 2.75) is 26.9 Å². The minimum Gasteiger partial charge on any atom is -0.493 e. The van der Waals surface area contributed by atoms with Crippen molar-refractivity contribution in [3.63, 3.8) is 0 Å². The molecule has 1 aromatic carbocycles. The first-order chi connectivity index (χ1) is 10.0. The highest BCUT2D eigenvalue weighted by Crippen LogP contribution is 2.38. The van der Waals surface area contributed by atoms with Crippen molar-refractivity contribution in [3.05, 3.63) is 35.2 Å². The first-order valence-corrected chi connectivity index (χ1v) is 7.72. The van der Waals surface area contributed by atoms with Gasteiger partial charge in [-0.2, -0.15) is 0 Å². The van der Waals surface area contributed by atoms with Crippen molar-refractivity contribution in [2.75, 3.05) is 12.3 Å². The third-order valence-corrected chi connectivity index (χ3v) is 3.66. The lowest BCUT2D eigenvalue weighted by atomic mass is 10.0. The standard InChI is InChI=1S/C16H19NO3S/c1-4-19-13-8-6-5-7-11(13)12-9-21-15(17)14(12)16(18)20-10(2)3/h5-10H,4,17H2,1-3H3. The number of esters is 1. The fourth-order valence-electron chi connectivity index (χ4n) is 2.03. The van der Waals surface area contributed by atoms with Crippen LogP contribution in [0.3, 0.4) is 0 Å². The van der Waals surface area contributed by atoms with Crippen LogP contribution in [0.15, 0.2) is 29.6 Å². The van der Waals surface area contributed by atoms with E-state index in [1.807, 2.05) is 50.4 Å². The number of thiophene rings is 1. The second-order valence-electron chi connectivity index (χ2n) is 4.77. The maximum Gasteiger partial charge on any atom is 0.342 e. The number of ether oxygens (including phenoxy) is 2. The predicted octanol–water partition coefficient (Wildman–Crippen LogP) is 3.96. The predicted molar refractivity (Wildman–Crippen MR) is 85.9 cm³/mol. The summed E-state index contributed by atoms with van der Waals surface area (Å²) < 4.78 is 10.9. The van der Waals surface area contributed by atoms with Gasteiger partial charge in [0, 0.05) is 16.5 Å². The van der Waals surface area contributed by atoms with Crippen LogP contribution in [0.1, 0.15) is 31.1 Å². The fourth-order valence-corrected chi connectivity index (χ4v) is 2.83. The van der Waals surface area contributed by atoms with Gasteiger partial charge in [-0.1, -0.05) is 18.2 Å². The van der Waals surface area contributed by atoms with Crippen molar-refractivity contribution in [1.29, 1.82) is 0 Å². The molecule has 0 radical (unpaired) electrons. The number of anilines is 1. The smallest absolute Gasteiger partial charge is 0.342 e. The highest BCUT2D eigenvalue weighted by Gasteiger charge is 2.22. The van der Waals surface area contributed by atoms with Gasteiger partial charge in [-0.3, -0.25) is 0 Å². The molecule has 0 aliphatic heterocycles. The Hall–Kier alpha value is -2.01. The van der Waals surface area contributed by atoms with E-state index in [0.717, 1.165) is 16.9 Å². The summed E-state index contributed by atoms with van der Waals surface area (Å²) in [5.41, 5.74) is 7.98. The summed E-state index contributed by atoms with van der Waals surface area (Å²) in [6.45, 7) is 6.11. The molecule has 0 spiro atoms. The molecule has 0 aliphatic carbocycles. The first kappa shape index (κ1) is 15.4. The molecule has 4 nitrogen and oxygen atoms in total. The van der Waals surface area contributed by atoms with Gasteiger partial charge in [-0.15, -0.1) is 11.3 Å². The highest BCUT2D eigenvalue weighted by molar-refractivity contribution is 7.15. The first-order valence-electron chi connectivity index (χ1n) is 6.84. The van der Waals surface area contributed by atoms with Crippen LogP contribution in [0.4, 0.5) is 5.00 Å². The average molecular weight is 305 g/mol. The number of rotatable bonds is 5. The van der Waals surface area contributed by atoms with Crippen molar-refractivity contribution in [3.8, 4) is 16.9 Å². The van der Waals surface area contributed by atoms with Crippen LogP contribution < -0.4 is 10.5 Å². The van der Waals surface area contributed by atoms with Crippen molar-refractivity contribution in [2.24, 2.45) is 0 Å². The van der Waals surface area contributed by atoms with Gasteiger partial charge in [0.2, 0.25) is 0 Å². The normalized spacial score (nSPS) is 10.7. The molecule has 1 aromatic heterocycles. The molecule has 112 valence electrons. The van der Waals surface area contributed by atoms with Crippen LogP contribution in [-0.2, 0) is 4.74 Å². The summed E-state index contributed by atoms with van der Waals surface area (Å²) >= 11 is 1.33. The Morgan fingerprint density at radius 2 is 2.00 bits per heavy atom. The number of nitrogens with two attached hydrogens (primary N) is 1. The fraction of sp³-hybridized carbons (Fsp3) is 0.312. The summed E-state index contributed by atoms with van der Waals surface area (Å²) in [5.74, 6) is 0.335. The Morgan fingerprint density at radius 3 is 2.67 bits per heavy atom. The Bertz CT molecular complexity index is 634. The van der Waals surface area contributed by atoms with E-state index in [9.17, 15) is 4.79 Å². The Balaban J connectivity index is 2.48. The van der Waals surface area contributed by atoms with Crippen LogP contribution in [0, 0.1) is 0 Å². The largest absolute Gasteiger partial charge is 0.493 e. The van der Waals surface area contributed by atoms with Crippen molar-refractivity contribution < 1.29 is 14.3 Å². The van der Waals surface area contributed by atoms with Crippen LogP contribution in [0.5, 0.6) is 5.75 Å². The van der Waals surface area contributed by atoms with E-state index in [1.54, 1.807) is 0 Å². The summed E-state index contributed by atoms with van der Waals surface area (Å²) in [7, 11) is 0. The van der Waals surface area contributed by atoms with Gasteiger partial charge < -0.3 is 15.2 Å². The SMILES string of the molecule is CCOc1ccccc1-c1csc(N)c1C(=O)OC(C)C. The third-order valence-electron chi connectivity index (χ3n) is 2.84. The summed E-state index contributed by atoms with van der Waals surface area (Å²) in [4.78, 5) is 12.3. The number of benzene rings is 1. The minimum atomic E-state index is -0.398. The lowest BCUT2D eigenvalue weighted by Gasteiger charge is -2.12. The molecule has 0 aliphatic rings. The maximum atomic E-state index is 12.3. The molecular weight excluding hydrogens is 286 g/mol. The molecule has 2 aromatic rings. The molecular formula is C16H19NO3S. The zero-order valence-electron chi connectivity index (χ0n) is 12.4. The number of nitrogen functional groups attached to an aromatic ring is 1. The molecule has 0 fully saturated rings. The molecule has 0 atom stereocenters. The van der Waals surface area contributed by atoms with E-state index in [0.29, 0.717) is 17.2 Å². The van der Waals surface area contributed by atoms with Crippen molar-refractivity contribution in [1.82, 2.24) is 0 Å². The molecule has 1 heterocycles. The van der Waals surface area contributed by atoms with Gasteiger partial charge in [0.15, 0.2) is 0 Å². The molecule has 0 unspecified atom stereocenters. The number of para-hydroxylation sites is 1. The van der Waals surface area contributed by atoms with Crippen LogP contribution in [-0.4, -0.2) is 18.7 Å².